The molecule has 4 heteroatoms. The standard InChI is InChI=1S/C10H17NO2.ClH/c1-2-13-10(12)7-3-5-9-6-4-8-11-9;/h3,5,9,11H,2,4,6-8H2,1H3;1H/b5-3+;. The highest BCUT2D eigenvalue weighted by molar-refractivity contribution is 5.85. The highest BCUT2D eigenvalue weighted by Crippen LogP contribution is 2.06. The molecule has 1 fully saturated rings. The van der Waals surface area contributed by atoms with E-state index in [1.165, 1.54) is 12.8 Å². The normalized spacial score (nSPS) is 20.8. The Morgan fingerprint density at radius 1 is 1.64 bits per heavy atom. The molecule has 0 spiro atoms. The first-order chi connectivity index (χ1) is 6.33. The number of carbonyl (C=O) groups is 1. The lowest BCUT2D eigenvalue weighted by Gasteiger charge is -2.01. The Morgan fingerprint density at radius 3 is 3.00 bits per heavy atom. The van der Waals surface area contributed by atoms with Gasteiger partial charge in [0.2, 0.25) is 0 Å². The van der Waals surface area contributed by atoms with Gasteiger partial charge in [0.1, 0.15) is 0 Å². The van der Waals surface area contributed by atoms with Crippen molar-refractivity contribution in [3.8, 4) is 0 Å². The van der Waals surface area contributed by atoms with Gasteiger partial charge in [-0.25, -0.2) is 0 Å². The number of esters is 1. The summed E-state index contributed by atoms with van der Waals surface area (Å²) in [5.41, 5.74) is 0. The summed E-state index contributed by atoms with van der Waals surface area (Å²) in [6, 6.07) is 0.467. The van der Waals surface area contributed by atoms with Crippen LogP contribution in [0.15, 0.2) is 12.2 Å². The van der Waals surface area contributed by atoms with Gasteiger partial charge in [-0.3, -0.25) is 4.79 Å². The summed E-state index contributed by atoms with van der Waals surface area (Å²) in [6.07, 6.45) is 6.75. The van der Waals surface area contributed by atoms with Gasteiger partial charge in [0.05, 0.1) is 13.0 Å². The van der Waals surface area contributed by atoms with E-state index < -0.39 is 0 Å². The summed E-state index contributed by atoms with van der Waals surface area (Å²) >= 11 is 0. The highest BCUT2D eigenvalue weighted by atomic mass is 35.5. The monoisotopic (exact) mass is 219 g/mol. The quantitative estimate of drug-likeness (QED) is 0.578. The smallest absolute Gasteiger partial charge is 0.309 e. The minimum Gasteiger partial charge on any atom is -0.466 e. The molecule has 0 saturated carbocycles. The van der Waals surface area contributed by atoms with Gasteiger partial charge in [-0.2, -0.15) is 0 Å². The molecule has 1 heterocycles. The summed E-state index contributed by atoms with van der Waals surface area (Å²) in [7, 11) is 0. The molecule has 1 atom stereocenters. The maximum Gasteiger partial charge on any atom is 0.309 e. The SMILES string of the molecule is CCOC(=O)C/C=C/C1CCCN1.Cl. The van der Waals surface area contributed by atoms with Crippen molar-refractivity contribution in [2.24, 2.45) is 0 Å². The number of hydrogen-bond acceptors (Lipinski definition) is 3. The third kappa shape index (κ3) is 5.25. The van der Waals surface area contributed by atoms with Crippen molar-refractivity contribution in [2.45, 2.75) is 32.2 Å². The van der Waals surface area contributed by atoms with Gasteiger partial charge in [0, 0.05) is 6.04 Å². The Labute approximate surface area is 91.3 Å². The molecule has 14 heavy (non-hydrogen) atoms. The first-order valence-corrected chi connectivity index (χ1v) is 4.88. The zero-order chi connectivity index (χ0) is 9.52. The van der Waals surface area contributed by atoms with Crippen molar-refractivity contribution >= 4 is 18.4 Å². The van der Waals surface area contributed by atoms with Gasteiger partial charge < -0.3 is 10.1 Å². The molecule has 1 saturated heterocycles. The van der Waals surface area contributed by atoms with Crippen LogP contribution in [0.1, 0.15) is 26.2 Å². The van der Waals surface area contributed by atoms with Crippen molar-refractivity contribution in [3.05, 3.63) is 12.2 Å². The number of nitrogens with one attached hydrogen (secondary N) is 1. The van der Waals surface area contributed by atoms with E-state index in [-0.39, 0.29) is 18.4 Å². The largest absolute Gasteiger partial charge is 0.466 e. The fourth-order valence-corrected chi connectivity index (χ4v) is 1.42. The topological polar surface area (TPSA) is 38.3 Å². The molecule has 82 valence electrons. The van der Waals surface area contributed by atoms with Gasteiger partial charge in [0.15, 0.2) is 0 Å². The van der Waals surface area contributed by atoms with E-state index in [0.29, 0.717) is 19.1 Å². The van der Waals surface area contributed by atoms with Crippen LogP contribution in [0.2, 0.25) is 0 Å². The molecule has 0 aliphatic carbocycles. The molecule has 1 unspecified atom stereocenters. The Kier molecular flexibility index (Phi) is 7.52. The second-order valence-electron chi connectivity index (χ2n) is 3.14. The van der Waals surface area contributed by atoms with Crippen molar-refractivity contribution in [3.63, 3.8) is 0 Å². The molecule has 0 bridgehead atoms. The van der Waals surface area contributed by atoms with E-state index in [1.54, 1.807) is 0 Å². The lowest BCUT2D eigenvalue weighted by Crippen LogP contribution is -2.18. The molecule has 0 aromatic heterocycles. The number of ether oxygens (including phenoxy) is 1. The maximum absolute atomic E-state index is 10.9. The first-order valence-electron chi connectivity index (χ1n) is 4.88. The Morgan fingerprint density at radius 2 is 2.43 bits per heavy atom. The highest BCUT2D eigenvalue weighted by Gasteiger charge is 2.09. The van der Waals surface area contributed by atoms with Gasteiger partial charge in [-0.1, -0.05) is 12.2 Å². The van der Waals surface area contributed by atoms with Gasteiger partial charge in [0.25, 0.3) is 0 Å². The minimum atomic E-state index is -0.142. The summed E-state index contributed by atoms with van der Waals surface area (Å²) < 4.78 is 4.80. The zero-order valence-corrected chi connectivity index (χ0v) is 9.31. The predicted molar refractivity (Wildman–Crippen MR) is 58.7 cm³/mol. The Balaban J connectivity index is 0.00000169. The molecular formula is C10H18ClNO2. The van der Waals surface area contributed by atoms with Crippen molar-refractivity contribution in [1.82, 2.24) is 5.32 Å². The van der Waals surface area contributed by atoms with E-state index in [2.05, 4.69) is 11.4 Å². The van der Waals surface area contributed by atoms with Crippen LogP contribution in [-0.2, 0) is 9.53 Å². The number of rotatable bonds is 4. The van der Waals surface area contributed by atoms with Crippen LogP contribution in [-0.4, -0.2) is 25.2 Å². The zero-order valence-electron chi connectivity index (χ0n) is 8.49. The van der Waals surface area contributed by atoms with Gasteiger partial charge in [-0.05, 0) is 26.3 Å². The number of halogens is 1. The molecular weight excluding hydrogens is 202 g/mol. The molecule has 0 aromatic rings. The van der Waals surface area contributed by atoms with Crippen LogP contribution < -0.4 is 5.32 Å². The molecule has 1 rings (SSSR count). The number of carbonyl (C=O) groups excluding carboxylic acids is 1. The molecule has 0 aromatic carbocycles. The van der Waals surface area contributed by atoms with E-state index in [4.69, 9.17) is 4.74 Å². The fourth-order valence-electron chi connectivity index (χ4n) is 1.42. The van der Waals surface area contributed by atoms with Crippen LogP contribution in [0.5, 0.6) is 0 Å². The van der Waals surface area contributed by atoms with E-state index in [0.717, 1.165) is 6.54 Å². The summed E-state index contributed by atoms with van der Waals surface area (Å²) in [6.45, 7) is 3.38. The van der Waals surface area contributed by atoms with Crippen LogP contribution >= 0.6 is 12.4 Å². The third-order valence-electron chi connectivity index (χ3n) is 2.06. The molecule has 0 amide bonds. The second kappa shape index (κ2) is 7.83. The van der Waals surface area contributed by atoms with E-state index in [9.17, 15) is 4.79 Å². The number of hydrogen-bond donors (Lipinski definition) is 1. The minimum absolute atomic E-state index is 0. The Bertz CT molecular complexity index is 189. The Hall–Kier alpha value is -0.540. The van der Waals surface area contributed by atoms with Crippen molar-refractivity contribution in [2.75, 3.05) is 13.2 Å². The first kappa shape index (κ1) is 13.5. The lowest BCUT2D eigenvalue weighted by molar-refractivity contribution is -0.142. The molecule has 1 N–H and O–H groups in total. The average molecular weight is 220 g/mol. The second-order valence-corrected chi connectivity index (χ2v) is 3.14. The molecule has 3 nitrogen and oxygen atoms in total. The summed E-state index contributed by atoms with van der Waals surface area (Å²) in [4.78, 5) is 10.9. The fraction of sp³-hybridized carbons (Fsp3) is 0.700. The lowest BCUT2D eigenvalue weighted by atomic mass is 10.2. The maximum atomic E-state index is 10.9. The van der Waals surface area contributed by atoms with Gasteiger partial charge >= 0.3 is 5.97 Å². The van der Waals surface area contributed by atoms with Crippen LogP contribution in [0.3, 0.4) is 0 Å². The van der Waals surface area contributed by atoms with Gasteiger partial charge in [-0.15, -0.1) is 12.4 Å². The van der Waals surface area contributed by atoms with E-state index in [1.807, 2.05) is 13.0 Å². The third-order valence-corrected chi connectivity index (χ3v) is 2.06. The van der Waals surface area contributed by atoms with Crippen LogP contribution in [0, 0.1) is 0 Å². The summed E-state index contributed by atoms with van der Waals surface area (Å²) in [5.74, 6) is -0.142. The van der Waals surface area contributed by atoms with Crippen molar-refractivity contribution in [1.29, 1.82) is 0 Å². The van der Waals surface area contributed by atoms with Crippen LogP contribution in [0.4, 0.5) is 0 Å². The molecule has 1 aliphatic rings. The molecule has 1 aliphatic heterocycles. The summed E-state index contributed by atoms with van der Waals surface area (Å²) in [5, 5.41) is 3.32. The predicted octanol–water partition coefficient (Wildman–Crippen LogP) is 1.67. The van der Waals surface area contributed by atoms with Crippen molar-refractivity contribution < 1.29 is 9.53 Å². The van der Waals surface area contributed by atoms with Crippen LogP contribution in [0.25, 0.3) is 0 Å². The van der Waals surface area contributed by atoms with E-state index >= 15 is 0 Å². The average Bonchev–Trinajstić information content (AvgIpc) is 2.57. The molecule has 0 radical (unpaired) electrons.